The predicted molar refractivity (Wildman–Crippen MR) is 131 cm³/mol. The Kier molecular flexibility index (Phi) is 6.65. The van der Waals surface area contributed by atoms with Crippen LogP contribution in [0, 0.1) is 5.82 Å². The number of ether oxygens (including phenoxy) is 2. The molecule has 0 aromatic heterocycles. The molecule has 1 aliphatic carbocycles. The molecule has 0 aliphatic heterocycles. The fraction of sp³-hybridized carbons (Fsp3) is 0.345. The minimum Gasteiger partial charge on any atom is -0.497 e. The van der Waals surface area contributed by atoms with Gasteiger partial charge in [-0.1, -0.05) is 45.0 Å². The van der Waals surface area contributed by atoms with Gasteiger partial charge in [-0.3, -0.25) is 4.79 Å². The van der Waals surface area contributed by atoms with Crippen molar-refractivity contribution >= 4 is 5.97 Å². The Hall–Kier alpha value is -3.34. The van der Waals surface area contributed by atoms with Gasteiger partial charge in [-0.15, -0.1) is 0 Å². The van der Waals surface area contributed by atoms with Crippen molar-refractivity contribution in [2.45, 2.75) is 58.0 Å². The number of carboxylic acids is 1. The Labute approximate surface area is 200 Å². The lowest BCUT2D eigenvalue weighted by molar-refractivity contribution is -0.137. The van der Waals surface area contributed by atoms with Crippen molar-refractivity contribution in [3.8, 4) is 22.6 Å². The lowest BCUT2D eigenvalue weighted by Crippen LogP contribution is -2.14. The van der Waals surface area contributed by atoms with Crippen molar-refractivity contribution in [1.29, 1.82) is 0 Å². The molecule has 178 valence electrons. The SMILES string of the molecule is COc1ccc(F)c(-c2ccc(COc3ccc4c(c3)CC[C@H]4CC(=O)O)cc2C(C)(C)C)c1. The highest BCUT2D eigenvalue weighted by molar-refractivity contribution is 5.71. The molecule has 0 amide bonds. The van der Waals surface area contributed by atoms with Gasteiger partial charge in [0.2, 0.25) is 0 Å². The number of hydrogen-bond donors (Lipinski definition) is 1. The van der Waals surface area contributed by atoms with E-state index in [9.17, 15) is 9.18 Å². The van der Waals surface area contributed by atoms with Crippen LogP contribution in [0.2, 0.25) is 0 Å². The van der Waals surface area contributed by atoms with Gasteiger partial charge in [-0.2, -0.15) is 0 Å². The van der Waals surface area contributed by atoms with E-state index in [1.54, 1.807) is 19.2 Å². The standard InChI is InChI=1S/C29H31FO4/c1-29(2,3)26-13-18(5-10-24(26)25-16-21(33-4)9-12-27(25)30)17-34-22-8-11-23-19(14-22)6-7-20(23)15-28(31)32/h5,8-14,16,20H,6-7,15,17H2,1-4H3,(H,31,32)/t20-/m0/s1. The van der Waals surface area contributed by atoms with Gasteiger partial charge < -0.3 is 14.6 Å². The van der Waals surface area contributed by atoms with E-state index in [4.69, 9.17) is 14.6 Å². The molecule has 1 N–H and O–H groups in total. The van der Waals surface area contributed by atoms with Crippen LogP contribution in [0.25, 0.3) is 11.1 Å². The van der Waals surface area contributed by atoms with E-state index in [0.29, 0.717) is 17.9 Å². The zero-order chi connectivity index (χ0) is 24.5. The first-order chi connectivity index (χ1) is 16.2. The Morgan fingerprint density at radius 2 is 1.79 bits per heavy atom. The van der Waals surface area contributed by atoms with Gasteiger partial charge in [0.15, 0.2) is 0 Å². The molecule has 0 heterocycles. The highest BCUT2D eigenvalue weighted by Crippen LogP contribution is 2.38. The molecule has 4 nitrogen and oxygen atoms in total. The summed E-state index contributed by atoms with van der Waals surface area (Å²) in [5.41, 5.74) is 5.49. The van der Waals surface area contributed by atoms with E-state index in [2.05, 4.69) is 26.8 Å². The second-order valence-corrected chi connectivity index (χ2v) is 9.96. The number of carbonyl (C=O) groups is 1. The third-order valence-electron chi connectivity index (χ3n) is 6.50. The van der Waals surface area contributed by atoms with Gasteiger partial charge in [0, 0.05) is 5.56 Å². The number of carboxylic acid groups (broad SMARTS) is 1. The van der Waals surface area contributed by atoms with Crippen molar-refractivity contribution in [1.82, 2.24) is 0 Å². The van der Waals surface area contributed by atoms with Gasteiger partial charge in [0.1, 0.15) is 23.9 Å². The molecule has 1 atom stereocenters. The van der Waals surface area contributed by atoms with E-state index in [-0.39, 0.29) is 23.6 Å². The number of hydrogen-bond acceptors (Lipinski definition) is 3. The fourth-order valence-electron chi connectivity index (χ4n) is 4.74. The van der Waals surface area contributed by atoms with Crippen LogP contribution in [0.3, 0.4) is 0 Å². The van der Waals surface area contributed by atoms with Crippen LogP contribution < -0.4 is 9.47 Å². The van der Waals surface area contributed by atoms with Crippen molar-refractivity contribution < 1.29 is 23.8 Å². The molecule has 3 aromatic rings. The molecule has 0 radical (unpaired) electrons. The number of aliphatic carboxylic acids is 1. The van der Waals surface area contributed by atoms with Crippen LogP contribution in [0.4, 0.5) is 4.39 Å². The van der Waals surface area contributed by atoms with Crippen LogP contribution in [-0.2, 0) is 23.2 Å². The number of halogens is 1. The topological polar surface area (TPSA) is 55.8 Å². The summed E-state index contributed by atoms with van der Waals surface area (Å²) in [6.45, 7) is 6.73. The monoisotopic (exact) mass is 462 g/mol. The average Bonchev–Trinajstić information content (AvgIpc) is 3.18. The molecule has 4 rings (SSSR count). The molecular formula is C29H31FO4. The van der Waals surface area contributed by atoms with E-state index < -0.39 is 5.97 Å². The molecular weight excluding hydrogens is 431 g/mol. The number of fused-ring (bicyclic) bond motifs is 1. The summed E-state index contributed by atoms with van der Waals surface area (Å²) >= 11 is 0. The van der Waals surface area contributed by atoms with Crippen molar-refractivity contribution in [2.75, 3.05) is 7.11 Å². The highest BCUT2D eigenvalue weighted by Gasteiger charge is 2.25. The van der Waals surface area contributed by atoms with Gasteiger partial charge in [-0.25, -0.2) is 4.39 Å². The van der Waals surface area contributed by atoms with Crippen LogP contribution in [0.5, 0.6) is 11.5 Å². The second kappa shape index (κ2) is 9.49. The average molecular weight is 463 g/mol. The van der Waals surface area contributed by atoms with Gasteiger partial charge in [0.25, 0.3) is 0 Å². The van der Waals surface area contributed by atoms with Crippen LogP contribution in [0.1, 0.15) is 61.8 Å². The Morgan fingerprint density at radius 3 is 2.50 bits per heavy atom. The summed E-state index contributed by atoms with van der Waals surface area (Å²) in [7, 11) is 1.58. The van der Waals surface area contributed by atoms with Crippen molar-refractivity contribution in [3.05, 3.63) is 82.7 Å². The van der Waals surface area contributed by atoms with E-state index in [1.807, 2.05) is 30.3 Å². The zero-order valence-corrected chi connectivity index (χ0v) is 20.2. The minimum absolute atomic E-state index is 0.0837. The third kappa shape index (κ3) is 5.09. The molecule has 0 saturated carbocycles. The largest absolute Gasteiger partial charge is 0.497 e. The lowest BCUT2D eigenvalue weighted by atomic mass is 9.81. The number of benzene rings is 3. The quantitative estimate of drug-likeness (QED) is 0.416. The smallest absolute Gasteiger partial charge is 0.303 e. The van der Waals surface area contributed by atoms with Crippen LogP contribution >= 0.6 is 0 Å². The number of rotatable bonds is 7. The normalized spacial score (nSPS) is 15.1. The molecule has 34 heavy (non-hydrogen) atoms. The van der Waals surface area contributed by atoms with Gasteiger partial charge >= 0.3 is 5.97 Å². The summed E-state index contributed by atoms with van der Waals surface area (Å²) in [6, 6.07) is 16.8. The molecule has 1 aliphatic rings. The van der Waals surface area contributed by atoms with Crippen LogP contribution in [-0.4, -0.2) is 18.2 Å². The summed E-state index contributed by atoms with van der Waals surface area (Å²) in [5, 5.41) is 9.13. The lowest BCUT2D eigenvalue weighted by Gasteiger charge is -2.24. The highest BCUT2D eigenvalue weighted by atomic mass is 19.1. The van der Waals surface area contributed by atoms with E-state index >= 15 is 0 Å². The maximum atomic E-state index is 14.7. The molecule has 0 unspecified atom stereocenters. The first-order valence-corrected chi connectivity index (χ1v) is 11.6. The molecule has 0 spiro atoms. The Morgan fingerprint density at radius 1 is 1.03 bits per heavy atom. The maximum Gasteiger partial charge on any atom is 0.303 e. The number of methoxy groups -OCH3 is 1. The summed E-state index contributed by atoms with van der Waals surface area (Å²) < 4.78 is 26.1. The molecule has 0 saturated heterocycles. The van der Waals surface area contributed by atoms with Gasteiger partial charge in [-0.05, 0) is 82.3 Å². The summed E-state index contributed by atoms with van der Waals surface area (Å²) in [4.78, 5) is 11.1. The summed E-state index contributed by atoms with van der Waals surface area (Å²) in [6.07, 6.45) is 1.91. The van der Waals surface area contributed by atoms with Crippen LogP contribution in [0.15, 0.2) is 54.6 Å². The third-order valence-corrected chi connectivity index (χ3v) is 6.50. The molecule has 3 aromatic carbocycles. The van der Waals surface area contributed by atoms with Gasteiger partial charge in [0.05, 0.1) is 13.5 Å². The molecule has 5 heteroatoms. The Balaban J connectivity index is 1.57. The summed E-state index contributed by atoms with van der Waals surface area (Å²) in [5.74, 6) is 0.431. The first-order valence-electron chi connectivity index (χ1n) is 11.6. The van der Waals surface area contributed by atoms with Crippen molar-refractivity contribution in [3.63, 3.8) is 0 Å². The first kappa shape index (κ1) is 23.8. The van der Waals surface area contributed by atoms with E-state index in [1.165, 1.54) is 11.6 Å². The minimum atomic E-state index is -0.759. The van der Waals surface area contributed by atoms with E-state index in [0.717, 1.165) is 40.8 Å². The molecule has 0 bridgehead atoms. The number of aryl methyl sites for hydroxylation is 1. The fourth-order valence-corrected chi connectivity index (χ4v) is 4.74. The predicted octanol–water partition coefficient (Wildman–Crippen LogP) is 6.88. The van der Waals surface area contributed by atoms with Crippen molar-refractivity contribution in [2.24, 2.45) is 0 Å². The second-order valence-electron chi connectivity index (χ2n) is 9.96. The molecule has 0 fully saturated rings. The maximum absolute atomic E-state index is 14.7. The zero-order valence-electron chi connectivity index (χ0n) is 20.2. The Bertz CT molecular complexity index is 1210.